The molecule has 1 aromatic carbocycles. The Morgan fingerprint density at radius 3 is 2.23 bits per heavy atom. The van der Waals surface area contributed by atoms with Gasteiger partial charge < -0.3 is 20.3 Å². The summed E-state index contributed by atoms with van der Waals surface area (Å²) in [7, 11) is 0. The highest BCUT2D eigenvalue weighted by atomic mass is 16.6. The number of carbonyl (C=O) groups is 3. The quantitative estimate of drug-likeness (QED) is 0.383. The van der Waals surface area contributed by atoms with Crippen LogP contribution < -0.4 is 10.6 Å². The van der Waals surface area contributed by atoms with Crippen molar-refractivity contribution in [2.45, 2.75) is 106 Å². The maximum absolute atomic E-state index is 13.9. The third-order valence-electron chi connectivity index (χ3n) is 5.72. The lowest BCUT2D eigenvalue weighted by Crippen LogP contribution is -2.55. The van der Waals surface area contributed by atoms with Gasteiger partial charge in [-0.3, -0.25) is 9.59 Å². The number of aryl methyl sites for hydroxylation is 2. The number of hydrogen-bond acceptors (Lipinski definition) is 4. The first-order valence-electron chi connectivity index (χ1n) is 13.0. The van der Waals surface area contributed by atoms with E-state index in [1.807, 2.05) is 52.8 Å². The summed E-state index contributed by atoms with van der Waals surface area (Å²) in [6.45, 7) is 18.1. The van der Waals surface area contributed by atoms with Crippen molar-refractivity contribution >= 4 is 17.9 Å². The summed E-state index contributed by atoms with van der Waals surface area (Å²) in [5, 5.41) is 5.81. The molecule has 3 amide bonds. The standard InChI is InChI=1S/C28H47N3O4/c1-10-12-13-16-29-25(32)24(22-18-20(5)14-15-21(22)6)31(17-11-2)26(33)23(19(3)4)30-27(34)35-28(7,8)9/h14-15,18-19,23-24H,10-13,16-17H2,1-9H3,(H,29,32)(H,30,34). The number of nitrogens with one attached hydrogen (secondary N) is 2. The zero-order valence-corrected chi connectivity index (χ0v) is 23.3. The maximum atomic E-state index is 13.9. The second-order valence-electron chi connectivity index (χ2n) is 10.7. The van der Waals surface area contributed by atoms with E-state index in [0.717, 1.165) is 36.0 Å². The topological polar surface area (TPSA) is 87.7 Å². The summed E-state index contributed by atoms with van der Waals surface area (Å²) < 4.78 is 5.41. The van der Waals surface area contributed by atoms with Crippen LogP contribution in [-0.2, 0) is 14.3 Å². The Balaban J connectivity index is 3.41. The predicted molar refractivity (Wildman–Crippen MR) is 141 cm³/mol. The molecule has 1 aromatic rings. The highest BCUT2D eigenvalue weighted by molar-refractivity contribution is 5.92. The molecule has 0 aliphatic carbocycles. The van der Waals surface area contributed by atoms with E-state index in [2.05, 4.69) is 17.6 Å². The Bertz CT molecular complexity index is 845. The smallest absolute Gasteiger partial charge is 0.408 e. The van der Waals surface area contributed by atoms with Gasteiger partial charge in [0.15, 0.2) is 0 Å². The molecule has 1 rings (SSSR count). The molecular formula is C28H47N3O4. The normalized spacial score (nSPS) is 13.2. The second-order valence-corrected chi connectivity index (χ2v) is 10.7. The monoisotopic (exact) mass is 489 g/mol. The first-order valence-corrected chi connectivity index (χ1v) is 13.0. The number of rotatable bonds is 12. The van der Waals surface area contributed by atoms with Crippen LogP contribution in [0.4, 0.5) is 4.79 Å². The Hall–Kier alpha value is -2.57. The first-order chi connectivity index (χ1) is 16.3. The highest BCUT2D eigenvalue weighted by Gasteiger charge is 2.37. The molecule has 2 atom stereocenters. The lowest BCUT2D eigenvalue weighted by atomic mass is 9.94. The molecule has 0 saturated heterocycles. The summed E-state index contributed by atoms with van der Waals surface area (Å²) in [6.07, 6.45) is 3.00. The lowest BCUT2D eigenvalue weighted by Gasteiger charge is -2.36. The number of amides is 3. The fourth-order valence-electron chi connectivity index (χ4n) is 3.92. The van der Waals surface area contributed by atoms with Gasteiger partial charge in [-0.25, -0.2) is 4.79 Å². The third-order valence-corrected chi connectivity index (χ3v) is 5.72. The first kappa shape index (κ1) is 30.5. The molecule has 2 N–H and O–H groups in total. The number of unbranched alkanes of at least 4 members (excludes halogenated alkanes) is 2. The van der Waals surface area contributed by atoms with Crippen molar-refractivity contribution in [1.29, 1.82) is 0 Å². The van der Waals surface area contributed by atoms with Crippen LogP contribution in [0.15, 0.2) is 18.2 Å². The summed E-state index contributed by atoms with van der Waals surface area (Å²) in [5.41, 5.74) is 2.08. The molecule has 7 heteroatoms. The number of carbonyl (C=O) groups excluding carboxylic acids is 3. The van der Waals surface area contributed by atoms with Crippen molar-refractivity contribution in [2.75, 3.05) is 13.1 Å². The van der Waals surface area contributed by atoms with Crippen LogP contribution in [0.3, 0.4) is 0 Å². The van der Waals surface area contributed by atoms with Gasteiger partial charge in [0.05, 0.1) is 0 Å². The number of hydrogen-bond donors (Lipinski definition) is 2. The molecule has 0 aliphatic heterocycles. The van der Waals surface area contributed by atoms with Crippen LogP contribution in [-0.4, -0.2) is 47.5 Å². The number of nitrogens with zero attached hydrogens (tertiary/aromatic N) is 1. The summed E-state index contributed by atoms with van der Waals surface area (Å²) >= 11 is 0. The van der Waals surface area contributed by atoms with Crippen LogP contribution in [0.25, 0.3) is 0 Å². The van der Waals surface area contributed by atoms with Crippen LogP contribution in [0.1, 0.15) is 96.9 Å². The molecule has 0 fully saturated rings. The molecule has 0 radical (unpaired) electrons. The Labute approximate surface area is 212 Å². The van der Waals surface area contributed by atoms with Crippen LogP contribution in [0.2, 0.25) is 0 Å². The van der Waals surface area contributed by atoms with Crippen LogP contribution in [0.5, 0.6) is 0 Å². The average molecular weight is 490 g/mol. The van der Waals surface area contributed by atoms with Crippen molar-refractivity contribution in [3.8, 4) is 0 Å². The zero-order chi connectivity index (χ0) is 26.8. The van der Waals surface area contributed by atoms with Gasteiger partial charge in [-0.15, -0.1) is 0 Å². The highest BCUT2D eigenvalue weighted by Crippen LogP contribution is 2.28. The molecule has 198 valence electrons. The zero-order valence-electron chi connectivity index (χ0n) is 23.3. The van der Waals surface area contributed by atoms with Crippen molar-refractivity contribution < 1.29 is 19.1 Å². The van der Waals surface area contributed by atoms with E-state index in [1.54, 1.807) is 25.7 Å². The van der Waals surface area contributed by atoms with E-state index in [0.29, 0.717) is 19.5 Å². The van der Waals surface area contributed by atoms with Gasteiger partial charge in [0.25, 0.3) is 0 Å². The van der Waals surface area contributed by atoms with E-state index in [4.69, 9.17) is 4.74 Å². The average Bonchev–Trinajstić information content (AvgIpc) is 2.75. The van der Waals surface area contributed by atoms with Crippen molar-refractivity contribution in [1.82, 2.24) is 15.5 Å². The molecule has 35 heavy (non-hydrogen) atoms. The van der Waals surface area contributed by atoms with Crippen molar-refractivity contribution in [3.05, 3.63) is 34.9 Å². The van der Waals surface area contributed by atoms with Gasteiger partial charge in [0, 0.05) is 13.1 Å². The van der Waals surface area contributed by atoms with E-state index >= 15 is 0 Å². The summed E-state index contributed by atoms with van der Waals surface area (Å²) in [6, 6.07) is 4.35. The van der Waals surface area contributed by atoms with Gasteiger partial charge >= 0.3 is 6.09 Å². The minimum atomic E-state index is -0.822. The molecular weight excluding hydrogens is 442 g/mol. The Morgan fingerprint density at radius 1 is 1.03 bits per heavy atom. The Morgan fingerprint density at radius 2 is 1.69 bits per heavy atom. The molecule has 2 unspecified atom stereocenters. The Kier molecular flexibility index (Phi) is 12.3. The fraction of sp³-hybridized carbons (Fsp3) is 0.679. The molecule has 0 spiro atoms. The second kappa shape index (κ2) is 14.1. The van der Waals surface area contributed by atoms with E-state index in [1.165, 1.54) is 0 Å². The van der Waals surface area contributed by atoms with Gasteiger partial charge in [-0.2, -0.15) is 0 Å². The third kappa shape index (κ3) is 9.90. The SMILES string of the molecule is CCCCCNC(=O)C(c1cc(C)ccc1C)N(CCC)C(=O)C(NC(=O)OC(C)(C)C)C(C)C. The van der Waals surface area contributed by atoms with Crippen molar-refractivity contribution in [2.24, 2.45) is 5.92 Å². The number of benzene rings is 1. The molecule has 0 saturated carbocycles. The van der Waals surface area contributed by atoms with Gasteiger partial charge in [0.1, 0.15) is 17.7 Å². The summed E-state index contributed by atoms with van der Waals surface area (Å²) in [4.78, 5) is 41.7. The van der Waals surface area contributed by atoms with E-state index in [9.17, 15) is 14.4 Å². The fourth-order valence-corrected chi connectivity index (χ4v) is 3.92. The van der Waals surface area contributed by atoms with Crippen molar-refractivity contribution in [3.63, 3.8) is 0 Å². The van der Waals surface area contributed by atoms with Gasteiger partial charge in [-0.05, 0) is 64.5 Å². The molecule has 0 heterocycles. The summed E-state index contributed by atoms with van der Waals surface area (Å²) in [5.74, 6) is -0.681. The lowest BCUT2D eigenvalue weighted by molar-refractivity contribution is -0.143. The van der Waals surface area contributed by atoms with E-state index < -0.39 is 23.8 Å². The molecule has 7 nitrogen and oxygen atoms in total. The number of alkyl carbamates (subject to hydrolysis) is 1. The predicted octanol–water partition coefficient (Wildman–Crippen LogP) is 5.44. The minimum absolute atomic E-state index is 0.193. The van der Waals surface area contributed by atoms with Gasteiger partial charge in [-0.1, -0.05) is 64.3 Å². The molecule has 0 aromatic heterocycles. The molecule has 0 aliphatic rings. The molecule has 0 bridgehead atoms. The largest absolute Gasteiger partial charge is 0.444 e. The van der Waals surface area contributed by atoms with Gasteiger partial charge in [0.2, 0.25) is 11.8 Å². The van der Waals surface area contributed by atoms with Crippen LogP contribution in [0, 0.1) is 19.8 Å². The minimum Gasteiger partial charge on any atom is -0.444 e. The van der Waals surface area contributed by atoms with Crippen LogP contribution >= 0.6 is 0 Å². The maximum Gasteiger partial charge on any atom is 0.408 e. The van der Waals surface area contributed by atoms with E-state index in [-0.39, 0.29) is 17.7 Å². The number of ether oxygens (including phenoxy) is 1.